The second kappa shape index (κ2) is 7.47. The zero-order chi connectivity index (χ0) is 18.7. The van der Waals surface area contributed by atoms with E-state index in [-0.39, 0.29) is 11.8 Å². The van der Waals surface area contributed by atoms with Crippen LogP contribution in [0.15, 0.2) is 39.7 Å². The average molecular weight is 365 g/mol. The maximum atomic E-state index is 12.1. The smallest absolute Gasteiger partial charge is 0.191 e. The quantitative estimate of drug-likeness (QED) is 0.629. The van der Waals surface area contributed by atoms with Gasteiger partial charge in [0, 0.05) is 19.0 Å². The summed E-state index contributed by atoms with van der Waals surface area (Å²) in [5.74, 6) is 1.39. The van der Waals surface area contributed by atoms with Crippen LogP contribution in [-0.4, -0.2) is 38.5 Å². The molecule has 0 fully saturated rings. The van der Waals surface area contributed by atoms with Crippen molar-refractivity contribution in [2.45, 2.75) is 38.5 Å². The topological polar surface area (TPSA) is 83.7 Å². The lowest BCUT2D eigenvalue weighted by Gasteiger charge is -2.20. The van der Waals surface area contributed by atoms with Crippen molar-refractivity contribution in [1.29, 1.82) is 0 Å². The Morgan fingerprint density at radius 3 is 2.56 bits per heavy atom. The summed E-state index contributed by atoms with van der Waals surface area (Å²) in [7, 11) is -1.51. The van der Waals surface area contributed by atoms with Crippen molar-refractivity contribution in [2.75, 3.05) is 19.3 Å². The highest BCUT2D eigenvalue weighted by Gasteiger charge is 2.28. The summed E-state index contributed by atoms with van der Waals surface area (Å²) in [5, 5.41) is 7.32. The van der Waals surface area contributed by atoms with Crippen LogP contribution in [0.4, 0.5) is 0 Å². The number of rotatable bonds is 5. The molecule has 0 spiro atoms. The van der Waals surface area contributed by atoms with E-state index in [0.717, 1.165) is 16.7 Å². The highest BCUT2D eigenvalue weighted by molar-refractivity contribution is 7.92. The molecular formula is C18H27N3O3S. The van der Waals surface area contributed by atoms with Crippen LogP contribution in [0.25, 0.3) is 11.0 Å². The van der Waals surface area contributed by atoms with Gasteiger partial charge in [0.25, 0.3) is 0 Å². The Kier molecular flexibility index (Phi) is 5.77. The second-order valence-electron chi connectivity index (χ2n) is 6.98. The van der Waals surface area contributed by atoms with Crippen LogP contribution in [0, 0.1) is 0 Å². The highest BCUT2D eigenvalue weighted by atomic mass is 32.2. The fraction of sp³-hybridized carbons (Fsp3) is 0.500. The van der Waals surface area contributed by atoms with Gasteiger partial charge in [-0.05, 0) is 39.8 Å². The Bertz CT molecular complexity index is 815. The molecule has 1 aromatic heterocycles. The van der Waals surface area contributed by atoms with Crippen molar-refractivity contribution in [3.8, 4) is 0 Å². The van der Waals surface area contributed by atoms with E-state index < -0.39 is 14.6 Å². The molecule has 2 N–H and O–H groups in total. The van der Waals surface area contributed by atoms with Crippen LogP contribution in [0.3, 0.4) is 0 Å². The lowest BCUT2D eigenvalue weighted by Crippen LogP contribution is -2.42. The van der Waals surface area contributed by atoms with Crippen LogP contribution in [0.5, 0.6) is 0 Å². The molecule has 0 aliphatic carbocycles. The van der Waals surface area contributed by atoms with Gasteiger partial charge in [-0.2, -0.15) is 0 Å². The molecule has 7 heteroatoms. The van der Waals surface area contributed by atoms with E-state index in [2.05, 4.69) is 15.6 Å². The van der Waals surface area contributed by atoms with E-state index in [9.17, 15) is 8.42 Å². The number of fused-ring (bicyclic) bond motifs is 1. The highest BCUT2D eigenvalue weighted by Crippen LogP contribution is 2.23. The minimum absolute atomic E-state index is 0.0518. The van der Waals surface area contributed by atoms with Gasteiger partial charge in [0.2, 0.25) is 0 Å². The molecular weight excluding hydrogens is 338 g/mol. The van der Waals surface area contributed by atoms with E-state index in [1.54, 1.807) is 27.8 Å². The summed E-state index contributed by atoms with van der Waals surface area (Å²) < 4.78 is 29.4. The Morgan fingerprint density at radius 1 is 1.28 bits per heavy atom. The number of para-hydroxylation sites is 1. The number of benzene rings is 1. The van der Waals surface area contributed by atoms with Gasteiger partial charge in [-0.1, -0.05) is 18.2 Å². The van der Waals surface area contributed by atoms with Crippen molar-refractivity contribution < 1.29 is 12.8 Å². The molecule has 0 bridgehead atoms. The fourth-order valence-corrected chi connectivity index (χ4v) is 3.28. The van der Waals surface area contributed by atoms with Gasteiger partial charge in [-0.15, -0.1) is 0 Å². The molecule has 1 atom stereocenters. The maximum absolute atomic E-state index is 12.1. The normalized spacial score (nSPS) is 14.5. The van der Waals surface area contributed by atoms with Crippen LogP contribution in [0.1, 0.15) is 39.5 Å². The molecule has 0 aliphatic heterocycles. The van der Waals surface area contributed by atoms with Crippen molar-refractivity contribution >= 4 is 26.8 Å². The molecule has 0 saturated heterocycles. The number of nitrogens with one attached hydrogen (secondary N) is 2. The first-order valence-corrected chi connectivity index (χ1v) is 9.97. The van der Waals surface area contributed by atoms with Gasteiger partial charge in [0.05, 0.1) is 16.5 Å². The van der Waals surface area contributed by atoms with E-state index in [4.69, 9.17) is 4.42 Å². The molecule has 1 unspecified atom stereocenters. The van der Waals surface area contributed by atoms with Crippen molar-refractivity contribution in [3.05, 3.63) is 36.1 Å². The van der Waals surface area contributed by atoms with Gasteiger partial charge in [-0.3, -0.25) is 4.99 Å². The monoisotopic (exact) mass is 365 g/mol. The van der Waals surface area contributed by atoms with Crippen molar-refractivity contribution in [1.82, 2.24) is 10.6 Å². The van der Waals surface area contributed by atoms with Gasteiger partial charge in [0.1, 0.15) is 11.3 Å². The zero-order valence-corrected chi connectivity index (χ0v) is 16.3. The molecule has 138 valence electrons. The summed E-state index contributed by atoms with van der Waals surface area (Å²) in [5.41, 5.74) is 0.838. The second-order valence-corrected chi connectivity index (χ2v) is 9.85. The lowest BCUT2D eigenvalue weighted by atomic mass is 10.2. The van der Waals surface area contributed by atoms with Gasteiger partial charge < -0.3 is 15.1 Å². The average Bonchev–Trinajstić information content (AvgIpc) is 2.96. The van der Waals surface area contributed by atoms with Crippen molar-refractivity contribution in [2.24, 2.45) is 4.99 Å². The Balaban J connectivity index is 1.95. The Labute approximate surface area is 149 Å². The lowest BCUT2D eigenvalue weighted by molar-refractivity contribution is 0.488. The summed E-state index contributed by atoms with van der Waals surface area (Å²) in [6.07, 6.45) is 0. The third-order valence-corrected chi connectivity index (χ3v) is 6.65. The molecule has 2 rings (SSSR count). The first kappa shape index (κ1) is 19.3. The Hall–Kier alpha value is -2.02. The number of hydrogen-bond donors (Lipinski definition) is 2. The van der Waals surface area contributed by atoms with E-state index in [0.29, 0.717) is 12.5 Å². The predicted octanol–water partition coefficient (Wildman–Crippen LogP) is 2.87. The standard InChI is InChI=1S/C18H27N3O3S/c1-13(16-12-14-8-6-7-9-15(14)24-16)21-17(19-5)20-10-11-25(22,23)18(2,3)4/h6-9,12-13H,10-11H2,1-5H3,(H2,19,20,21). The van der Waals surface area contributed by atoms with Gasteiger partial charge in [-0.25, -0.2) is 8.42 Å². The minimum Gasteiger partial charge on any atom is -0.459 e. The predicted molar refractivity (Wildman–Crippen MR) is 103 cm³/mol. The molecule has 2 aromatic rings. The van der Waals surface area contributed by atoms with Crippen molar-refractivity contribution in [3.63, 3.8) is 0 Å². The number of sulfone groups is 1. The van der Waals surface area contributed by atoms with E-state index in [1.165, 1.54) is 0 Å². The molecule has 1 heterocycles. The summed E-state index contributed by atoms with van der Waals surface area (Å²) >= 11 is 0. The molecule has 0 radical (unpaired) electrons. The number of hydrogen-bond acceptors (Lipinski definition) is 4. The van der Waals surface area contributed by atoms with Gasteiger partial charge in [0.15, 0.2) is 15.8 Å². The van der Waals surface area contributed by atoms with E-state index >= 15 is 0 Å². The number of furan rings is 1. The third-order valence-electron chi connectivity index (χ3n) is 4.04. The molecule has 0 amide bonds. The van der Waals surface area contributed by atoms with Crippen LogP contribution >= 0.6 is 0 Å². The fourth-order valence-electron chi connectivity index (χ4n) is 2.30. The zero-order valence-electron chi connectivity index (χ0n) is 15.5. The van der Waals surface area contributed by atoms with E-state index in [1.807, 2.05) is 37.3 Å². The first-order valence-electron chi connectivity index (χ1n) is 8.32. The number of nitrogens with zero attached hydrogens (tertiary/aromatic N) is 1. The van der Waals surface area contributed by atoms with Crippen LogP contribution < -0.4 is 10.6 Å². The molecule has 6 nitrogen and oxygen atoms in total. The minimum atomic E-state index is -3.16. The third kappa shape index (κ3) is 4.75. The number of guanidine groups is 1. The Morgan fingerprint density at radius 2 is 1.96 bits per heavy atom. The SMILES string of the molecule is CN=C(NCCS(=O)(=O)C(C)(C)C)NC(C)c1cc2ccccc2o1. The summed E-state index contributed by atoms with van der Waals surface area (Å²) in [4.78, 5) is 4.15. The molecule has 0 saturated carbocycles. The summed E-state index contributed by atoms with van der Waals surface area (Å²) in [6.45, 7) is 7.39. The van der Waals surface area contributed by atoms with Crippen LogP contribution in [0.2, 0.25) is 0 Å². The first-order chi connectivity index (χ1) is 11.6. The summed E-state index contributed by atoms with van der Waals surface area (Å²) in [6, 6.07) is 9.72. The van der Waals surface area contributed by atoms with Crippen LogP contribution in [-0.2, 0) is 9.84 Å². The largest absolute Gasteiger partial charge is 0.459 e. The maximum Gasteiger partial charge on any atom is 0.191 e. The molecule has 25 heavy (non-hydrogen) atoms. The molecule has 1 aromatic carbocycles. The molecule has 0 aliphatic rings. The number of aliphatic imine (C=N–C) groups is 1. The van der Waals surface area contributed by atoms with Gasteiger partial charge >= 0.3 is 0 Å².